The zero-order valence-corrected chi connectivity index (χ0v) is 9.86. The number of piperidine rings is 1. The van der Waals surface area contributed by atoms with Crippen LogP contribution in [0.15, 0.2) is 6.20 Å². The molecule has 2 aliphatic rings. The highest BCUT2D eigenvalue weighted by Gasteiger charge is 2.41. The van der Waals surface area contributed by atoms with Gasteiger partial charge in [-0.25, -0.2) is 9.37 Å². The van der Waals surface area contributed by atoms with Crippen molar-refractivity contribution in [2.75, 3.05) is 5.32 Å². The summed E-state index contributed by atoms with van der Waals surface area (Å²) in [7, 11) is 0. The highest BCUT2D eigenvalue weighted by molar-refractivity contribution is 6.28. The lowest BCUT2D eigenvalue weighted by atomic mass is 9.98. The van der Waals surface area contributed by atoms with Crippen molar-refractivity contribution in [3.63, 3.8) is 0 Å². The Morgan fingerprint density at radius 3 is 3.06 bits per heavy atom. The number of alkyl halides is 1. The summed E-state index contributed by atoms with van der Waals surface area (Å²) < 4.78 is 14.1. The molecular formula is C10H13ClFN5. The van der Waals surface area contributed by atoms with Crippen molar-refractivity contribution in [2.24, 2.45) is 0 Å². The molecule has 3 rings (SSSR count). The maximum Gasteiger partial charge on any atom is 0.243 e. The van der Waals surface area contributed by atoms with Gasteiger partial charge in [0.05, 0.1) is 12.2 Å². The van der Waals surface area contributed by atoms with Gasteiger partial charge in [0, 0.05) is 12.1 Å². The Morgan fingerprint density at radius 1 is 1.41 bits per heavy atom. The molecule has 0 aromatic carbocycles. The molecule has 92 valence electrons. The summed E-state index contributed by atoms with van der Waals surface area (Å²) in [6.07, 6.45) is 3.31. The van der Waals surface area contributed by atoms with Crippen LogP contribution in [0.1, 0.15) is 19.3 Å². The fourth-order valence-electron chi connectivity index (χ4n) is 2.66. The van der Waals surface area contributed by atoms with Crippen LogP contribution in [0.2, 0.25) is 5.28 Å². The molecule has 1 aromatic heterocycles. The fraction of sp³-hybridized carbons (Fsp3) is 0.700. The minimum absolute atomic E-state index is 0.0283. The van der Waals surface area contributed by atoms with E-state index in [-0.39, 0.29) is 17.4 Å². The van der Waals surface area contributed by atoms with Crippen LogP contribution >= 0.6 is 11.6 Å². The zero-order valence-electron chi connectivity index (χ0n) is 9.11. The van der Waals surface area contributed by atoms with Crippen LogP contribution in [0.4, 0.5) is 10.2 Å². The summed E-state index contributed by atoms with van der Waals surface area (Å²) in [6.45, 7) is 0. The van der Waals surface area contributed by atoms with Crippen molar-refractivity contribution in [2.45, 2.75) is 43.6 Å². The van der Waals surface area contributed by atoms with E-state index in [9.17, 15) is 4.39 Å². The summed E-state index contributed by atoms with van der Waals surface area (Å²) in [5, 5.41) is 13.9. The van der Waals surface area contributed by atoms with Gasteiger partial charge in [0.2, 0.25) is 5.28 Å². The standard InChI is InChI=1S/C10H13ClFN5/c11-10-13-4-8(16-17-10)15-7-3-5-1-2-6(14-5)9(7)12/h4-7,9,14H,1-3H2,(H,15,16)/t5-,6+,7-,9?/m1/s1. The number of nitrogens with zero attached hydrogens (tertiary/aromatic N) is 3. The monoisotopic (exact) mass is 257 g/mol. The van der Waals surface area contributed by atoms with Gasteiger partial charge >= 0.3 is 0 Å². The van der Waals surface area contributed by atoms with E-state index in [4.69, 9.17) is 11.6 Å². The van der Waals surface area contributed by atoms with Gasteiger partial charge in [-0.1, -0.05) is 0 Å². The second-order valence-corrected chi connectivity index (χ2v) is 4.93. The van der Waals surface area contributed by atoms with Crippen molar-refractivity contribution in [1.29, 1.82) is 0 Å². The van der Waals surface area contributed by atoms with Gasteiger partial charge in [0.25, 0.3) is 0 Å². The number of aromatic nitrogens is 3. The third-order valence-corrected chi connectivity index (χ3v) is 3.62. The summed E-state index contributed by atoms with van der Waals surface area (Å²) in [6, 6.07) is 0.170. The molecule has 7 heteroatoms. The SMILES string of the molecule is FC1[C@@H]2CC[C@H](C[C@H]1Nc1cnc(Cl)nn1)N2. The van der Waals surface area contributed by atoms with Gasteiger partial charge in [-0.3, -0.25) is 0 Å². The molecule has 5 nitrogen and oxygen atoms in total. The Hall–Kier alpha value is -1.01. The molecule has 17 heavy (non-hydrogen) atoms. The fourth-order valence-corrected chi connectivity index (χ4v) is 2.75. The molecule has 2 saturated heterocycles. The van der Waals surface area contributed by atoms with E-state index in [1.165, 1.54) is 6.20 Å². The van der Waals surface area contributed by atoms with Gasteiger partial charge in [-0.15, -0.1) is 10.2 Å². The molecular weight excluding hydrogens is 245 g/mol. The Balaban J connectivity index is 1.70. The zero-order chi connectivity index (χ0) is 11.8. The van der Waals surface area contributed by atoms with Crippen molar-refractivity contribution in [3.05, 3.63) is 11.5 Å². The van der Waals surface area contributed by atoms with E-state index in [0.29, 0.717) is 11.9 Å². The summed E-state index contributed by atoms with van der Waals surface area (Å²) in [4.78, 5) is 3.81. The average molecular weight is 258 g/mol. The minimum Gasteiger partial charge on any atom is -0.362 e. The second kappa shape index (κ2) is 4.34. The Morgan fingerprint density at radius 2 is 2.29 bits per heavy atom. The topological polar surface area (TPSA) is 62.7 Å². The first-order valence-corrected chi connectivity index (χ1v) is 6.12. The molecule has 0 aliphatic carbocycles. The lowest BCUT2D eigenvalue weighted by Gasteiger charge is -2.33. The lowest BCUT2D eigenvalue weighted by molar-refractivity contribution is 0.190. The first kappa shape index (κ1) is 11.1. The average Bonchev–Trinajstić information content (AvgIpc) is 2.73. The molecule has 0 radical (unpaired) electrons. The smallest absolute Gasteiger partial charge is 0.243 e. The van der Waals surface area contributed by atoms with E-state index >= 15 is 0 Å². The molecule has 3 heterocycles. The Bertz CT molecular complexity index is 400. The van der Waals surface area contributed by atoms with Gasteiger partial charge in [0.15, 0.2) is 5.82 Å². The summed E-state index contributed by atoms with van der Waals surface area (Å²) >= 11 is 5.54. The third kappa shape index (κ3) is 2.19. The molecule has 0 amide bonds. The van der Waals surface area contributed by atoms with E-state index in [0.717, 1.165) is 19.3 Å². The Kier molecular flexibility index (Phi) is 2.84. The molecule has 2 bridgehead atoms. The molecule has 2 fully saturated rings. The highest BCUT2D eigenvalue weighted by atomic mass is 35.5. The number of hydrogen-bond acceptors (Lipinski definition) is 5. The third-order valence-electron chi connectivity index (χ3n) is 3.45. The molecule has 2 N–H and O–H groups in total. The number of hydrogen-bond donors (Lipinski definition) is 2. The van der Waals surface area contributed by atoms with Crippen LogP contribution in [-0.4, -0.2) is 39.5 Å². The van der Waals surface area contributed by atoms with E-state index in [1.807, 2.05) is 0 Å². The van der Waals surface area contributed by atoms with E-state index in [1.54, 1.807) is 0 Å². The highest BCUT2D eigenvalue weighted by Crippen LogP contribution is 2.30. The molecule has 4 atom stereocenters. The van der Waals surface area contributed by atoms with E-state index < -0.39 is 6.17 Å². The van der Waals surface area contributed by atoms with Crippen LogP contribution < -0.4 is 10.6 Å². The molecule has 2 aliphatic heterocycles. The van der Waals surface area contributed by atoms with Gasteiger partial charge in [-0.2, -0.15) is 0 Å². The van der Waals surface area contributed by atoms with Gasteiger partial charge in [0.1, 0.15) is 6.17 Å². The van der Waals surface area contributed by atoms with Crippen molar-refractivity contribution >= 4 is 17.4 Å². The summed E-state index contributed by atoms with van der Waals surface area (Å²) in [5.74, 6) is 0.475. The summed E-state index contributed by atoms with van der Waals surface area (Å²) in [5.41, 5.74) is 0. The quantitative estimate of drug-likeness (QED) is 0.833. The first-order valence-electron chi connectivity index (χ1n) is 5.74. The van der Waals surface area contributed by atoms with Gasteiger partial charge < -0.3 is 10.6 Å². The van der Waals surface area contributed by atoms with Crippen LogP contribution in [-0.2, 0) is 0 Å². The lowest BCUT2D eigenvalue weighted by Crippen LogP contribution is -2.52. The normalized spacial score (nSPS) is 35.9. The van der Waals surface area contributed by atoms with Crippen molar-refractivity contribution in [1.82, 2.24) is 20.5 Å². The molecule has 0 saturated carbocycles. The maximum atomic E-state index is 14.1. The number of nitrogens with one attached hydrogen (secondary N) is 2. The predicted molar refractivity (Wildman–Crippen MR) is 61.7 cm³/mol. The van der Waals surface area contributed by atoms with E-state index in [2.05, 4.69) is 25.8 Å². The Labute approximate surface area is 103 Å². The van der Waals surface area contributed by atoms with Crippen LogP contribution in [0.5, 0.6) is 0 Å². The van der Waals surface area contributed by atoms with Crippen LogP contribution in [0.3, 0.4) is 0 Å². The maximum absolute atomic E-state index is 14.1. The number of anilines is 1. The second-order valence-electron chi connectivity index (χ2n) is 4.59. The largest absolute Gasteiger partial charge is 0.362 e. The van der Waals surface area contributed by atoms with Crippen molar-refractivity contribution in [3.8, 4) is 0 Å². The number of fused-ring (bicyclic) bond motifs is 2. The minimum atomic E-state index is -0.897. The van der Waals surface area contributed by atoms with Crippen LogP contribution in [0, 0.1) is 0 Å². The number of rotatable bonds is 2. The molecule has 1 aromatic rings. The first-order chi connectivity index (χ1) is 8.22. The van der Waals surface area contributed by atoms with Crippen LogP contribution in [0.25, 0.3) is 0 Å². The predicted octanol–water partition coefficient (Wildman–Crippen LogP) is 1.17. The molecule has 0 spiro atoms. The molecule has 1 unspecified atom stereocenters. The van der Waals surface area contributed by atoms with Crippen molar-refractivity contribution < 1.29 is 4.39 Å². The number of halogens is 2. The van der Waals surface area contributed by atoms with Gasteiger partial charge in [-0.05, 0) is 30.9 Å².